The molecule has 0 spiro atoms. The first-order valence-corrected chi connectivity index (χ1v) is 7.31. The molecule has 3 nitrogen and oxygen atoms in total. The van der Waals surface area contributed by atoms with Crippen LogP contribution in [0.3, 0.4) is 0 Å². The quantitative estimate of drug-likeness (QED) is 0.896. The van der Waals surface area contributed by atoms with Crippen LogP contribution >= 0.6 is 0 Å². The Balaban J connectivity index is 2.05. The van der Waals surface area contributed by atoms with Crippen molar-refractivity contribution in [2.75, 3.05) is 45.2 Å². The number of nitrogens with zero attached hydrogens (tertiary/aromatic N) is 2. The first-order chi connectivity index (χ1) is 9.11. The third kappa shape index (κ3) is 3.48. The second-order valence-corrected chi connectivity index (χ2v) is 5.88. The molecule has 0 bridgehead atoms. The van der Waals surface area contributed by atoms with Gasteiger partial charge in [-0.05, 0) is 37.7 Å². The van der Waals surface area contributed by atoms with Crippen LogP contribution in [0.25, 0.3) is 0 Å². The Labute approximate surface area is 117 Å². The average molecular weight is 261 g/mol. The number of benzene rings is 1. The van der Waals surface area contributed by atoms with Crippen LogP contribution in [0.2, 0.25) is 0 Å². The smallest absolute Gasteiger partial charge is 0.0393 e. The SMILES string of the molecule is CNCC1CN(c2ccc(C(C)C)cc2)CCN1C. The van der Waals surface area contributed by atoms with Crippen molar-refractivity contribution >= 4 is 5.69 Å². The number of likely N-dealkylation sites (N-methyl/N-ethyl adjacent to an activating group) is 2. The number of hydrogen-bond acceptors (Lipinski definition) is 3. The maximum Gasteiger partial charge on any atom is 0.0393 e. The van der Waals surface area contributed by atoms with Gasteiger partial charge in [0.15, 0.2) is 0 Å². The van der Waals surface area contributed by atoms with Gasteiger partial charge in [0.25, 0.3) is 0 Å². The summed E-state index contributed by atoms with van der Waals surface area (Å²) < 4.78 is 0. The highest BCUT2D eigenvalue weighted by atomic mass is 15.3. The fourth-order valence-electron chi connectivity index (χ4n) is 2.71. The Morgan fingerprint density at radius 3 is 2.47 bits per heavy atom. The normalized spacial score (nSPS) is 21.1. The van der Waals surface area contributed by atoms with Gasteiger partial charge in [0, 0.05) is 37.9 Å². The van der Waals surface area contributed by atoms with E-state index in [1.807, 2.05) is 7.05 Å². The van der Waals surface area contributed by atoms with Crippen molar-refractivity contribution in [3.63, 3.8) is 0 Å². The minimum atomic E-state index is 0.600. The van der Waals surface area contributed by atoms with Crippen molar-refractivity contribution in [2.45, 2.75) is 25.8 Å². The van der Waals surface area contributed by atoms with Crippen molar-refractivity contribution < 1.29 is 0 Å². The number of rotatable bonds is 4. The highest BCUT2D eigenvalue weighted by Gasteiger charge is 2.23. The van der Waals surface area contributed by atoms with Gasteiger partial charge in [-0.25, -0.2) is 0 Å². The van der Waals surface area contributed by atoms with E-state index in [0.29, 0.717) is 12.0 Å². The predicted octanol–water partition coefficient (Wildman–Crippen LogP) is 2.15. The summed E-state index contributed by atoms with van der Waals surface area (Å²) >= 11 is 0. The van der Waals surface area contributed by atoms with Crippen molar-refractivity contribution in [3.05, 3.63) is 29.8 Å². The fourth-order valence-corrected chi connectivity index (χ4v) is 2.71. The molecule has 1 aromatic carbocycles. The van der Waals surface area contributed by atoms with E-state index in [2.05, 4.69) is 60.3 Å². The molecule has 0 radical (unpaired) electrons. The van der Waals surface area contributed by atoms with Crippen molar-refractivity contribution in [1.29, 1.82) is 0 Å². The van der Waals surface area contributed by atoms with Gasteiger partial charge < -0.3 is 10.2 Å². The minimum absolute atomic E-state index is 0.600. The molecule has 0 aliphatic carbocycles. The summed E-state index contributed by atoms with van der Waals surface area (Å²) in [7, 11) is 4.26. The average Bonchev–Trinajstić information content (AvgIpc) is 2.41. The summed E-state index contributed by atoms with van der Waals surface area (Å²) in [4.78, 5) is 4.96. The molecule has 1 fully saturated rings. The van der Waals surface area contributed by atoms with Crippen LogP contribution < -0.4 is 10.2 Å². The zero-order chi connectivity index (χ0) is 13.8. The lowest BCUT2D eigenvalue weighted by Crippen LogP contribution is -2.54. The summed E-state index contributed by atoms with van der Waals surface area (Å²) in [5.41, 5.74) is 2.78. The van der Waals surface area contributed by atoms with Crippen LogP contribution in [0.5, 0.6) is 0 Å². The number of nitrogens with one attached hydrogen (secondary N) is 1. The first-order valence-electron chi connectivity index (χ1n) is 7.31. The van der Waals surface area contributed by atoms with Crippen LogP contribution in [-0.2, 0) is 0 Å². The van der Waals surface area contributed by atoms with Gasteiger partial charge in [-0.2, -0.15) is 0 Å². The van der Waals surface area contributed by atoms with Gasteiger partial charge in [0.05, 0.1) is 0 Å². The molecule has 106 valence electrons. The fraction of sp³-hybridized carbons (Fsp3) is 0.625. The number of hydrogen-bond donors (Lipinski definition) is 1. The predicted molar refractivity (Wildman–Crippen MR) is 83.1 cm³/mol. The molecule has 1 atom stereocenters. The largest absolute Gasteiger partial charge is 0.369 e. The molecule has 1 aliphatic rings. The first kappa shape index (κ1) is 14.4. The molecule has 19 heavy (non-hydrogen) atoms. The van der Waals surface area contributed by atoms with E-state index in [-0.39, 0.29) is 0 Å². The van der Waals surface area contributed by atoms with E-state index in [9.17, 15) is 0 Å². The Kier molecular flexibility index (Phi) is 4.83. The Morgan fingerprint density at radius 2 is 1.89 bits per heavy atom. The highest BCUT2D eigenvalue weighted by molar-refractivity contribution is 5.48. The van der Waals surface area contributed by atoms with Crippen molar-refractivity contribution in [1.82, 2.24) is 10.2 Å². The molecule has 3 heteroatoms. The van der Waals surface area contributed by atoms with Gasteiger partial charge in [-0.15, -0.1) is 0 Å². The topological polar surface area (TPSA) is 18.5 Å². The van der Waals surface area contributed by atoms with E-state index in [1.54, 1.807) is 0 Å². The molecule has 2 rings (SSSR count). The summed E-state index contributed by atoms with van der Waals surface area (Å²) in [6, 6.07) is 9.69. The second kappa shape index (κ2) is 6.40. The minimum Gasteiger partial charge on any atom is -0.369 e. The van der Waals surface area contributed by atoms with E-state index in [1.165, 1.54) is 11.3 Å². The Bertz CT molecular complexity index is 385. The van der Waals surface area contributed by atoms with Gasteiger partial charge in [0.1, 0.15) is 0 Å². The molecule has 1 N–H and O–H groups in total. The lowest BCUT2D eigenvalue weighted by atomic mass is 10.0. The lowest BCUT2D eigenvalue weighted by Gasteiger charge is -2.40. The highest BCUT2D eigenvalue weighted by Crippen LogP contribution is 2.22. The molecule has 0 aromatic heterocycles. The van der Waals surface area contributed by atoms with Crippen molar-refractivity contribution in [2.24, 2.45) is 0 Å². The van der Waals surface area contributed by atoms with Crippen LogP contribution in [0.4, 0.5) is 5.69 Å². The zero-order valence-corrected chi connectivity index (χ0v) is 12.7. The molecular formula is C16H27N3. The van der Waals surface area contributed by atoms with Crippen LogP contribution in [0.15, 0.2) is 24.3 Å². The van der Waals surface area contributed by atoms with E-state index < -0.39 is 0 Å². The molecule has 0 saturated carbocycles. The van der Waals surface area contributed by atoms with E-state index in [0.717, 1.165) is 26.2 Å². The monoisotopic (exact) mass is 261 g/mol. The van der Waals surface area contributed by atoms with Crippen LogP contribution in [-0.4, -0.2) is 51.2 Å². The number of anilines is 1. The summed E-state index contributed by atoms with van der Waals surface area (Å²) in [5.74, 6) is 0.610. The molecule has 0 amide bonds. The number of piperazine rings is 1. The standard InChI is InChI=1S/C16H27N3/c1-13(2)14-5-7-15(8-6-14)19-10-9-18(4)16(12-19)11-17-3/h5-8,13,16-17H,9-12H2,1-4H3. The zero-order valence-electron chi connectivity index (χ0n) is 12.7. The summed E-state index contributed by atoms with van der Waals surface area (Å²) in [6.45, 7) is 8.91. The van der Waals surface area contributed by atoms with E-state index >= 15 is 0 Å². The van der Waals surface area contributed by atoms with Gasteiger partial charge in [0.2, 0.25) is 0 Å². The molecule has 1 unspecified atom stereocenters. The van der Waals surface area contributed by atoms with Gasteiger partial charge >= 0.3 is 0 Å². The summed E-state index contributed by atoms with van der Waals surface area (Å²) in [5, 5.41) is 3.30. The molecule has 1 aromatic rings. The summed E-state index contributed by atoms with van der Waals surface area (Å²) in [6.07, 6.45) is 0. The molecular weight excluding hydrogens is 234 g/mol. The Morgan fingerprint density at radius 1 is 1.21 bits per heavy atom. The van der Waals surface area contributed by atoms with Gasteiger partial charge in [-0.3, -0.25) is 4.90 Å². The van der Waals surface area contributed by atoms with Crippen molar-refractivity contribution in [3.8, 4) is 0 Å². The lowest BCUT2D eigenvalue weighted by molar-refractivity contribution is 0.216. The maximum absolute atomic E-state index is 3.30. The molecule has 1 aliphatic heterocycles. The third-order valence-corrected chi connectivity index (χ3v) is 4.14. The Hall–Kier alpha value is -1.06. The van der Waals surface area contributed by atoms with Gasteiger partial charge in [-0.1, -0.05) is 26.0 Å². The second-order valence-electron chi connectivity index (χ2n) is 5.88. The third-order valence-electron chi connectivity index (χ3n) is 4.14. The molecule has 1 saturated heterocycles. The van der Waals surface area contributed by atoms with Crippen LogP contribution in [0.1, 0.15) is 25.3 Å². The molecule has 1 heterocycles. The van der Waals surface area contributed by atoms with Crippen LogP contribution in [0, 0.1) is 0 Å². The maximum atomic E-state index is 3.30. The van der Waals surface area contributed by atoms with E-state index in [4.69, 9.17) is 0 Å².